The quantitative estimate of drug-likeness (QED) is 0.708. The summed E-state index contributed by atoms with van der Waals surface area (Å²) in [7, 11) is 2.03. The van der Waals surface area contributed by atoms with Crippen molar-refractivity contribution >= 4 is 16.7 Å². The molecule has 0 saturated heterocycles. The molecule has 3 rings (SSSR count). The molecule has 0 bridgehead atoms. The zero-order valence-corrected chi connectivity index (χ0v) is 10.4. The predicted molar refractivity (Wildman–Crippen MR) is 73.1 cm³/mol. The van der Waals surface area contributed by atoms with E-state index in [1.54, 1.807) is 6.07 Å². The first kappa shape index (κ1) is 10.8. The number of aromatic nitrogens is 3. The molecule has 4 nitrogen and oxygen atoms in total. The number of hydrogen-bond acceptors (Lipinski definition) is 3. The van der Waals surface area contributed by atoms with Gasteiger partial charge in [-0.05, 0) is 24.4 Å². The van der Waals surface area contributed by atoms with Gasteiger partial charge in [-0.25, -0.2) is 9.97 Å². The predicted octanol–water partition coefficient (Wildman–Crippen LogP) is 2.53. The van der Waals surface area contributed by atoms with Crippen molar-refractivity contribution in [3.63, 3.8) is 0 Å². The van der Waals surface area contributed by atoms with Crippen LogP contribution in [0.15, 0.2) is 36.5 Å². The Labute approximate surface area is 105 Å². The number of anilines is 1. The molecule has 0 fully saturated rings. The van der Waals surface area contributed by atoms with Crippen LogP contribution in [0.5, 0.6) is 0 Å². The van der Waals surface area contributed by atoms with Crippen LogP contribution in [0.25, 0.3) is 22.2 Å². The van der Waals surface area contributed by atoms with Crippen LogP contribution in [0.4, 0.5) is 5.82 Å². The zero-order chi connectivity index (χ0) is 12.7. The molecule has 2 aromatic heterocycles. The molecule has 4 heteroatoms. The molecule has 0 atom stereocenters. The van der Waals surface area contributed by atoms with Crippen LogP contribution in [0.1, 0.15) is 5.82 Å². The Hall–Kier alpha value is -2.36. The van der Waals surface area contributed by atoms with E-state index in [2.05, 4.69) is 38.8 Å². The third-order valence-corrected chi connectivity index (χ3v) is 3.04. The van der Waals surface area contributed by atoms with Crippen molar-refractivity contribution in [2.24, 2.45) is 7.05 Å². The summed E-state index contributed by atoms with van der Waals surface area (Å²) in [4.78, 5) is 8.52. The van der Waals surface area contributed by atoms with Gasteiger partial charge in [0.2, 0.25) is 0 Å². The average Bonchev–Trinajstić information content (AvgIpc) is 2.69. The van der Waals surface area contributed by atoms with Gasteiger partial charge < -0.3 is 10.3 Å². The van der Waals surface area contributed by atoms with Crippen molar-refractivity contribution in [1.29, 1.82) is 0 Å². The lowest BCUT2D eigenvalue weighted by atomic mass is 10.1. The van der Waals surface area contributed by atoms with Crippen LogP contribution >= 0.6 is 0 Å². The van der Waals surface area contributed by atoms with E-state index in [4.69, 9.17) is 5.73 Å². The van der Waals surface area contributed by atoms with Gasteiger partial charge in [0.05, 0.1) is 5.69 Å². The van der Waals surface area contributed by atoms with Crippen molar-refractivity contribution in [3.8, 4) is 11.3 Å². The van der Waals surface area contributed by atoms with Gasteiger partial charge in [-0.15, -0.1) is 0 Å². The van der Waals surface area contributed by atoms with Crippen molar-refractivity contribution in [3.05, 3.63) is 42.4 Å². The molecule has 0 aliphatic carbocycles. The SMILES string of the molecule is Cc1nc(N)cc(-c2ccc3ccn(C)c3c2)n1. The van der Waals surface area contributed by atoms with Crippen LogP contribution < -0.4 is 5.73 Å². The summed E-state index contributed by atoms with van der Waals surface area (Å²) in [6.07, 6.45) is 2.05. The normalized spacial score (nSPS) is 11.0. The summed E-state index contributed by atoms with van der Waals surface area (Å²) >= 11 is 0. The summed E-state index contributed by atoms with van der Waals surface area (Å²) in [6.45, 7) is 1.85. The number of hydrogen-bond donors (Lipinski definition) is 1. The molecule has 0 radical (unpaired) electrons. The van der Waals surface area contributed by atoms with Gasteiger partial charge in [0.15, 0.2) is 0 Å². The fourth-order valence-corrected chi connectivity index (χ4v) is 2.16. The third-order valence-electron chi connectivity index (χ3n) is 3.04. The largest absolute Gasteiger partial charge is 0.384 e. The van der Waals surface area contributed by atoms with Crippen molar-refractivity contribution in [1.82, 2.24) is 14.5 Å². The third kappa shape index (κ3) is 1.72. The molecule has 1 aromatic carbocycles. The molecule has 0 spiro atoms. The van der Waals surface area contributed by atoms with E-state index in [1.165, 1.54) is 10.9 Å². The molecule has 0 aliphatic rings. The summed E-state index contributed by atoms with van der Waals surface area (Å²) in [5, 5.41) is 1.22. The first-order valence-electron chi connectivity index (χ1n) is 5.80. The zero-order valence-electron chi connectivity index (χ0n) is 10.4. The van der Waals surface area contributed by atoms with Crippen molar-refractivity contribution in [2.45, 2.75) is 6.92 Å². The van der Waals surface area contributed by atoms with Crippen LogP contribution in [-0.4, -0.2) is 14.5 Å². The highest BCUT2D eigenvalue weighted by molar-refractivity contribution is 5.85. The molecule has 3 aromatic rings. The first-order chi connectivity index (χ1) is 8.63. The summed E-state index contributed by atoms with van der Waals surface area (Å²) < 4.78 is 2.09. The summed E-state index contributed by atoms with van der Waals surface area (Å²) in [5.74, 6) is 1.20. The first-order valence-corrected chi connectivity index (χ1v) is 5.80. The molecule has 90 valence electrons. The number of fused-ring (bicyclic) bond motifs is 1. The number of rotatable bonds is 1. The molecule has 2 N–H and O–H groups in total. The Morgan fingerprint density at radius 3 is 2.72 bits per heavy atom. The molecular formula is C14H14N4. The number of nitrogens with two attached hydrogens (primary N) is 1. The van der Waals surface area contributed by atoms with Gasteiger partial charge in [0.1, 0.15) is 11.6 Å². The molecule has 0 amide bonds. The van der Waals surface area contributed by atoms with Crippen molar-refractivity contribution < 1.29 is 0 Å². The van der Waals surface area contributed by atoms with Crippen LogP contribution in [-0.2, 0) is 7.05 Å². The summed E-state index contributed by atoms with van der Waals surface area (Å²) in [6, 6.07) is 10.2. The molecule has 2 heterocycles. The summed E-state index contributed by atoms with van der Waals surface area (Å²) in [5.41, 5.74) is 8.87. The molecule has 18 heavy (non-hydrogen) atoms. The van der Waals surface area contributed by atoms with E-state index in [-0.39, 0.29) is 0 Å². The smallest absolute Gasteiger partial charge is 0.128 e. The van der Waals surface area contributed by atoms with Crippen LogP contribution in [0.3, 0.4) is 0 Å². The maximum absolute atomic E-state index is 5.76. The monoisotopic (exact) mass is 238 g/mol. The van der Waals surface area contributed by atoms with Gasteiger partial charge >= 0.3 is 0 Å². The van der Waals surface area contributed by atoms with Crippen molar-refractivity contribution in [2.75, 3.05) is 5.73 Å². The molecule has 0 saturated carbocycles. The minimum Gasteiger partial charge on any atom is -0.384 e. The molecular weight excluding hydrogens is 224 g/mol. The highest BCUT2D eigenvalue weighted by Gasteiger charge is 2.05. The second-order valence-electron chi connectivity index (χ2n) is 4.43. The average molecular weight is 238 g/mol. The Balaban J connectivity index is 2.21. The number of nitrogen functional groups attached to an aromatic ring is 1. The van der Waals surface area contributed by atoms with Crippen LogP contribution in [0, 0.1) is 6.92 Å². The Morgan fingerprint density at radius 1 is 1.11 bits per heavy atom. The second kappa shape index (κ2) is 3.84. The minimum absolute atomic E-state index is 0.504. The topological polar surface area (TPSA) is 56.7 Å². The lowest BCUT2D eigenvalue weighted by Gasteiger charge is -2.05. The Kier molecular flexibility index (Phi) is 2.30. The number of nitrogens with zero attached hydrogens (tertiary/aromatic N) is 3. The fourth-order valence-electron chi connectivity index (χ4n) is 2.16. The van der Waals surface area contributed by atoms with E-state index < -0.39 is 0 Å². The minimum atomic E-state index is 0.504. The van der Waals surface area contributed by atoms with E-state index in [0.29, 0.717) is 11.6 Å². The van der Waals surface area contributed by atoms with E-state index in [1.807, 2.05) is 20.2 Å². The molecule has 0 unspecified atom stereocenters. The maximum Gasteiger partial charge on any atom is 0.128 e. The van der Waals surface area contributed by atoms with Gasteiger partial charge in [-0.1, -0.05) is 12.1 Å². The van der Waals surface area contributed by atoms with Crippen LogP contribution in [0.2, 0.25) is 0 Å². The number of benzene rings is 1. The highest BCUT2D eigenvalue weighted by atomic mass is 14.9. The molecule has 0 aliphatic heterocycles. The fraction of sp³-hybridized carbons (Fsp3) is 0.143. The highest BCUT2D eigenvalue weighted by Crippen LogP contribution is 2.24. The maximum atomic E-state index is 5.76. The standard InChI is InChI=1S/C14H14N4/c1-9-16-12(8-14(15)17-9)11-4-3-10-5-6-18(2)13(10)7-11/h3-8H,1-2H3,(H2,15,16,17). The van der Waals surface area contributed by atoms with E-state index in [9.17, 15) is 0 Å². The van der Waals surface area contributed by atoms with Gasteiger partial charge in [-0.2, -0.15) is 0 Å². The van der Waals surface area contributed by atoms with Gasteiger partial charge in [-0.3, -0.25) is 0 Å². The second-order valence-corrected chi connectivity index (χ2v) is 4.43. The Bertz CT molecular complexity index is 707. The number of aryl methyl sites for hydroxylation is 2. The van der Waals surface area contributed by atoms with E-state index >= 15 is 0 Å². The lowest BCUT2D eigenvalue weighted by Crippen LogP contribution is -1.97. The Morgan fingerprint density at radius 2 is 1.94 bits per heavy atom. The van der Waals surface area contributed by atoms with E-state index in [0.717, 1.165) is 11.3 Å². The lowest BCUT2D eigenvalue weighted by molar-refractivity contribution is 0.969. The van der Waals surface area contributed by atoms with Gasteiger partial charge in [0, 0.05) is 30.4 Å². The van der Waals surface area contributed by atoms with Gasteiger partial charge in [0.25, 0.3) is 0 Å².